The van der Waals surface area contributed by atoms with Crippen LogP contribution >= 0.6 is 0 Å². The molecule has 0 saturated heterocycles. The normalized spacial score (nSPS) is 11.8. The van der Waals surface area contributed by atoms with E-state index in [1.165, 1.54) is 88.3 Å². The molecule has 53 heavy (non-hydrogen) atoms. The molecule has 0 N–H and O–H groups in total. The second-order valence-corrected chi connectivity index (χ2v) is 13.9. The van der Waals surface area contributed by atoms with Gasteiger partial charge in [-0.05, 0) is 113 Å². The molecule has 2 heterocycles. The van der Waals surface area contributed by atoms with Crippen LogP contribution in [-0.2, 0) is 0 Å². The Labute approximate surface area is 307 Å². The van der Waals surface area contributed by atoms with Crippen molar-refractivity contribution in [3.05, 3.63) is 194 Å². The predicted octanol–water partition coefficient (Wildman–Crippen LogP) is 13.6. The summed E-state index contributed by atoms with van der Waals surface area (Å²) in [6, 6.07) is 66.3. The molecule has 1 aliphatic carbocycles. The third-order valence-corrected chi connectivity index (χ3v) is 10.9. The van der Waals surface area contributed by atoms with Crippen LogP contribution in [0, 0.1) is 0 Å². The Morgan fingerprint density at radius 3 is 1.53 bits per heavy atom. The molecule has 0 fully saturated rings. The Bertz CT molecular complexity index is 2920. The van der Waals surface area contributed by atoms with Gasteiger partial charge in [0.15, 0.2) is 0 Å². The Morgan fingerprint density at radius 1 is 0.340 bits per heavy atom. The van der Waals surface area contributed by atoms with Crippen LogP contribution in [-0.4, -0.2) is 9.38 Å². The molecule has 1 aliphatic rings. The molecule has 2 nitrogen and oxygen atoms in total. The van der Waals surface area contributed by atoms with Gasteiger partial charge in [0.25, 0.3) is 0 Å². The maximum absolute atomic E-state index is 4.89. The van der Waals surface area contributed by atoms with Gasteiger partial charge in [0.2, 0.25) is 0 Å². The first-order valence-corrected chi connectivity index (χ1v) is 18.2. The molecule has 0 saturated carbocycles. The second-order valence-electron chi connectivity index (χ2n) is 13.9. The molecule has 0 amide bonds. The van der Waals surface area contributed by atoms with Gasteiger partial charge in [0, 0.05) is 18.0 Å². The van der Waals surface area contributed by atoms with Crippen LogP contribution in [0.5, 0.6) is 0 Å². The van der Waals surface area contributed by atoms with Crippen LogP contribution in [0.15, 0.2) is 194 Å². The highest BCUT2D eigenvalue weighted by Gasteiger charge is 2.31. The molecular formula is C51H32N2. The summed E-state index contributed by atoms with van der Waals surface area (Å²) in [5, 5.41) is 5.15. The van der Waals surface area contributed by atoms with Gasteiger partial charge >= 0.3 is 0 Å². The number of pyridine rings is 1. The average Bonchev–Trinajstić information content (AvgIpc) is 3.82. The third kappa shape index (κ3) is 4.63. The number of hydrogen-bond donors (Lipinski definition) is 0. The van der Waals surface area contributed by atoms with E-state index in [1.807, 2.05) is 24.4 Å². The maximum Gasteiger partial charge on any atom is 0.137 e. The first-order chi connectivity index (χ1) is 26.3. The van der Waals surface area contributed by atoms with Gasteiger partial charge in [0.1, 0.15) is 5.65 Å². The Kier molecular flexibility index (Phi) is 6.59. The number of hydrogen-bond acceptors (Lipinski definition) is 1. The molecule has 10 aromatic rings. The molecule has 2 aromatic heterocycles. The van der Waals surface area contributed by atoms with Crippen molar-refractivity contribution in [2.75, 3.05) is 0 Å². The minimum Gasteiger partial charge on any atom is -0.306 e. The summed E-state index contributed by atoms with van der Waals surface area (Å²) in [7, 11) is 0. The standard InChI is InChI=1S/C51H32N2/c1-3-14-33(15-4-1)47-41-22-7-8-23-42(41)48(34-16-5-2-6-17-34)51-44-28-27-39(40-24-13-25-43(49(40)44)50(47)51)37-20-11-18-35(30-37)36-19-12-21-38(31-36)45-32-53-29-10-9-26-46(53)52-45/h1-32H. The van der Waals surface area contributed by atoms with Crippen LogP contribution in [0.25, 0.3) is 105 Å². The number of imidazole rings is 1. The minimum atomic E-state index is 0.948. The Morgan fingerprint density at radius 2 is 0.849 bits per heavy atom. The first-order valence-electron chi connectivity index (χ1n) is 18.2. The molecule has 0 spiro atoms. The van der Waals surface area contributed by atoms with Crippen LogP contribution in [0.2, 0.25) is 0 Å². The van der Waals surface area contributed by atoms with Crippen molar-refractivity contribution in [1.29, 1.82) is 0 Å². The zero-order valence-corrected chi connectivity index (χ0v) is 28.9. The van der Waals surface area contributed by atoms with Gasteiger partial charge in [-0.3, -0.25) is 0 Å². The summed E-state index contributed by atoms with van der Waals surface area (Å²) < 4.78 is 2.07. The Hall–Kier alpha value is -7.03. The van der Waals surface area contributed by atoms with Gasteiger partial charge < -0.3 is 4.40 Å². The van der Waals surface area contributed by atoms with E-state index in [0.717, 1.165) is 16.9 Å². The lowest BCUT2D eigenvalue weighted by atomic mass is 9.82. The molecule has 0 unspecified atom stereocenters. The number of fused-ring (bicyclic) bond motifs is 5. The first kappa shape index (κ1) is 29.7. The minimum absolute atomic E-state index is 0.948. The maximum atomic E-state index is 4.89. The second kappa shape index (κ2) is 11.8. The monoisotopic (exact) mass is 672 g/mol. The summed E-state index contributed by atoms with van der Waals surface area (Å²) >= 11 is 0. The van der Waals surface area contributed by atoms with Crippen LogP contribution in [0.3, 0.4) is 0 Å². The summed E-state index contributed by atoms with van der Waals surface area (Å²) in [4.78, 5) is 4.89. The van der Waals surface area contributed by atoms with E-state index in [1.54, 1.807) is 0 Å². The number of benzene rings is 8. The molecule has 246 valence electrons. The summed E-state index contributed by atoms with van der Waals surface area (Å²) in [5.74, 6) is 0. The SMILES string of the molecule is c1ccc(-c2c3c(c(-c4ccccc4)c4ccccc24)-c2ccc(-c4cccc(-c5cccc(-c6cn7ccccc7n6)c5)c4)c4cccc-3c24)cc1. The fourth-order valence-corrected chi connectivity index (χ4v) is 8.66. The van der Waals surface area contributed by atoms with Crippen LogP contribution in [0.4, 0.5) is 0 Å². The van der Waals surface area contributed by atoms with E-state index in [2.05, 4.69) is 174 Å². The largest absolute Gasteiger partial charge is 0.306 e. The van der Waals surface area contributed by atoms with Gasteiger partial charge in [-0.2, -0.15) is 0 Å². The van der Waals surface area contributed by atoms with E-state index in [-0.39, 0.29) is 0 Å². The lowest BCUT2D eigenvalue weighted by Gasteiger charge is -2.20. The molecule has 0 bridgehead atoms. The Balaban J connectivity index is 1.12. The molecule has 8 aromatic carbocycles. The number of rotatable bonds is 5. The highest BCUT2D eigenvalue weighted by molar-refractivity contribution is 6.28. The van der Waals surface area contributed by atoms with Crippen molar-refractivity contribution >= 4 is 27.2 Å². The van der Waals surface area contributed by atoms with E-state index >= 15 is 0 Å². The van der Waals surface area contributed by atoms with Gasteiger partial charge in [-0.1, -0.05) is 158 Å². The summed E-state index contributed by atoms with van der Waals surface area (Å²) in [6.45, 7) is 0. The fourth-order valence-electron chi connectivity index (χ4n) is 8.66. The quantitative estimate of drug-likeness (QED) is 0.178. The predicted molar refractivity (Wildman–Crippen MR) is 222 cm³/mol. The molecule has 11 rings (SSSR count). The molecule has 2 heteroatoms. The fraction of sp³-hybridized carbons (Fsp3) is 0. The van der Waals surface area contributed by atoms with Gasteiger partial charge in [0.05, 0.1) is 5.69 Å². The van der Waals surface area contributed by atoms with Crippen molar-refractivity contribution in [2.24, 2.45) is 0 Å². The van der Waals surface area contributed by atoms with E-state index in [0.29, 0.717) is 0 Å². The van der Waals surface area contributed by atoms with Crippen LogP contribution in [0.1, 0.15) is 0 Å². The van der Waals surface area contributed by atoms with Gasteiger partial charge in [-0.15, -0.1) is 0 Å². The highest BCUT2D eigenvalue weighted by Crippen LogP contribution is 2.58. The summed E-state index contributed by atoms with van der Waals surface area (Å²) in [5.41, 5.74) is 18.1. The number of nitrogens with zero attached hydrogens (tertiary/aromatic N) is 2. The van der Waals surface area contributed by atoms with Crippen molar-refractivity contribution in [2.45, 2.75) is 0 Å². The van der Waals surface area contributed by atoms with E-state index in [4.69, 9.17) is 4.98 Å². The van der Waals surface area contributed by atoms with E-state index < -0.39 is 0 Å². The molecule has 0 atom stereocenters. The zero-order valence-electron chi connectivity index (χ0n) is 28.9. The molecule has 0 aliphatic heterocycles. The van der Waals surface area contributed by atoms with Crippen molar-refractivity contribution < 1.29 is 0 Å². The summed E-state index contributed by atoms with van der Waals surface area (Å²) in [6.07, 6.45) is 4.15. The van der Waals surface area contributed by atoms with Crippen molar-refractivity contribution in [3.63, 3.8) is 0 Å². The smallest absolute Gasteiger partial charge is 0.137 e. The highest BCUT2D eigenvalue weighted by atomic mass is 15.0. The van der Waals surface area contributed by atoms with E-state index in [9.17, 15) is 0 Å². The lowest BCUT2D eigenvalue weighted by Crippen LogP contribution is -1.93. The van der Waals surface area contributed by atoms with Crippen molar-refractivity contribution in [1.82, 2.24) is 9.38 Å². The number of aromatic nitrogens is 2. The topological polar surface area (TPSA) is 17.3 Å². The molecule has 0 radical (unpaired) electrons. The molecular weight excluding hydrogens is 641 g/mol. The third-order valence-electron chi connectivity index (χ3n) is 10.9. The van der Waals surface area contributed by atoms with Crippen LogP contribution < -0.4 is 0 Å². The average molecular weight is 673 g/mol. The lowest BCUT2D eigenvalue weighted by molar-refractivity contribution is 1.19. The zero-order chi connectivity index (χ0) is 34.9. The van der Waals surface area contributed by atoms with Gasteiger partial charge in [-0.25, -0.2) is 4.98 Å². The van der Waals surface area contributed by atoms with Crippen molar-refractivity contribution in [3.8, 4) is 78.0 Å².